The van der Waals surface area contributed by atoms with Crippen molar-refractivity contribution in [3.63, 3.8) is 0 Å². The molecule has 1 aliphatic rings. The second kappa shape index (κ2) is 8.36. The first-order chi connectivity index (χ1) is 10.2. The van der Waals surface area contributed by atoms with Crippen molar-refractivity contribution in [1.82, 2.24) is 10.6 Å². The highest BCUT2D eigenvalue weighted by molar-refractivity contribution is 14.1. The zero-order valence-corrected chi connectivity index (χ0v) is 14.2. The van der Waals surface area contributed by atoms with Crippen LogP contribution in [0.1, 0.15) is 42.5 Å². The molecule has 1 aromatic carbocycles. The van der Waals surface area contributed by atoms with Crippen molar-refractivity contribution in [2.75, 3.05) is 13.1 Å². The van der Waals surface area contributed by atoms with Gasteiger partial charge in [-0.2, -0.15) is 0 Å². The van der Waals surface area contributed by atoms with Crippen molar-refractivity contribution in [1.29, 1.82) is 0 Å². The van der Waals surface area contributed by atoms with E-state index in [1.807, 2.05) is 12.1 Å². The lowest BCUT2D eigenvalue weighted by Gasteiger charge is -2.20. The summed E-state index contributed by atoms with van der Waals surface area (Å²) in [7, 11) is 0. The van der Waals surface area contributed by atoms with Gasteiger partial charge in [-0.1, -0.05) is 19.3 Å². The van der Waals surface area contributed by atoms with Crippen molar-refractivity contribution in [3.05, 3.63) is 33.4 Å². The number of amides is 2. The monoisotopic (exact) mass is 400 g/mol. The Bertz CT molecular complexity index is 482. The van der Waals surface area contributed by atoms with Crippen molar-refractivity contribution < 1.29 is 9.59 Å². The number of benzene rings is 1. The Kier molecular flexibility index (Phi) is 6.48. The van der Waals surface area contributed by atoms with E-state index in [1.165, 1.54) is 6.42 Å². The van der Waals surface area contributed by atoms with Crippen molar-refractivity contribution in [3.8, 4) is 0 Å². The molecule has 114 valence electrons. The summed E-state index contributed by atoms with van der Waals surface area (Å²) >= 11 is 2.20. The number of halogens is 1. The van der Waals surface area contributed by atoms with Crippen LogP contribution in [0.2, 0.25) is 0 Å². The fourth-order valence-electron chi connectivity index (χ4n) is 2.57. The van der Waals surface area contributed by atoms with Gasteiger partial charge in [0.15, 0.2) is 0 Å². The van der Waals surface area contributed by atoms with Crippen LogP contribution in [0.5, 0.6) is 0 Å². The molecule has 0 atom stereocenters. The van der Waals surface area contributed by atoms with Crippen LogP contribution in [0.25, 0.3) is 0 Å². The van der Waals surface area contributed by atoms with Gasteiger partial charge in [0.1, 0.15) is 0 Å². The normalized spacial score (nSPS) is 15.5. The SMILES string of the molecule is O=C(NCCNC(=O)C1CCCCC1)c1ccc(I)cc1. The van der Waals surface area contributed by atoms with Gasteiger partial charge in [0, 0.05) is 28.1 Å². The summed E-state index contributed by atoms with van der Waals surface area (Å²) in [6.07, 6.45) is 5.56. The Labute approximate surface area is 139 Å². The van der Waals surface area contributed by atoms with Crippen LogP contribution in [0.3, 0.4) is 0 Å². The summed E-state index contributed by atoms with van der Waals surface area (Å²) in [5, 5.41) is 5.73. The maximum absolute atomic E-state index is 11.9. The molecule has 0 spiro atoms. The molecule has 1 fully saturated rings. The number of hydrogen-bond donors (Lipinski definition) is 2. The molecule has 0 radical (unpaired) electrons. The molecule has 1 aliphatic carbocycles. The van der Waals surface area contributed by atoms with Gasteiger partial charge in [0.25, 0.3) is 5.91 Å². The third-order valence-corrected chi connectivity index (χ3v) is 4.51. The lowest BCUT2D eigenvalue weighted by molar-refractivity contribution is -0.125. The Morgan fingerprint density at radius 3 is 2.29 bits per heavy atom. The zero-order valence-electron chi connectivity index (χ0n) is 12.0. The van der Waals surface area contributed by atoms with Gasteiger partial charge in [0.2, 0.25) is 5.91 Å². The molecular formula is C16H21IN2O2. The quantitative estimate of drug-likeness (QED) is 0.590. The standard InChI is InChI=1S/C16H21IN2O2/c17-14-8-6-13(7-9-14)16(21)19-11-10-18-15(20)12-4-2-1-3-5-12/h6-9,12H,1-5,10-11H2,(H,18,20)(H,19,21). The summed E-state index contributed by atoms with van der Waals surface area (Å²) in [5.74, 6) is 0.210. The Morgan fingerprint density at radius 2 is 1.62 bits per heavy atom. The number of carbonyl (C=O) groups is 2. The third kappa shape index (κ3) is 5.30. The van der Waals surface area contributed by atoms with Crippen LogP contribution in [-0.4, -0.2) is 24.9 Å². The maximum atomic E-state index is 11.9. The molecule has 2 N–H and O–H groups in total. The van der Waals surface area contributed by atoms with Gasteiger partial charge in [-0.05, 0) is 59.7 Å². The van der Waals surface area contributed by atoms with Crippen LogP contribution >= 0.6 is 22.6 Å². The van der Waals surface area contributed by atoms with Crippen LogP contribution in [-0.2, 0) is 4.79 Å². The number of rotatable bonds is 5. The number of nitrogens with one attached hydrogen (secondary N) is 2. The highest BCUT2D eigenvalue weighted by Gasteiger charge is 2.20. The Morgan fingerprint density at radius 1 is 1.00 bits per heavy atom. The maximum Gasteiger partial charge on any atom is 0.251 e. The summed E-state index contributed by atoms with van der Waals surface area (Å²) in [6, 6.07) is 7.41. The first-order valence-corrected chi connectivity index (χ1v) is 8.56. The molecule has 1 saturated carbocycles. The van der Waals surface area contributed by atoms with Gasteiger partial charge in [-0.15, -0.1) is 0 Å². The van der Waals surface area contributed by atoms with Crippen LogP contribution < -0.4 is 10.6 Å². The molecule has 0 aromatic heterocycles. The summed E-state index contributed by atoms with van der Waals surface area (Å²) in [4.78, 5) is 23.8. The first-order valence-electron chi connectivity index (χ1n) is 7.48. The predicted octanol–water partition coefficient (Wildman–Crippen LogP) is 2.72. The molecule has 0 aliphatic heterocycles. The van der Waals surface area contributed by atoms with Gasteiger partial charge in [-0.25, -0.2) is 0 Å². The lowest BCUT2D eigenvalue weighted by Crippen LogP contribution is -2.38. The van der Waals surface area contributed by atoms with E-state index >= 15 is 0 Å². The molecule has 0 saturated heterocycles. The van der Waals surface area contributed by atoms with E-state index in [4.69, 9.17) is 0 Å². The van der Waals surface area contributed by atoms with E-state index in [2.05, 4.69) is 33.2 Å². The van der Waals surface area contributed by atoms with E-state index in [-0.39, 0.29) is 17.7 Å². The second-order valence-corrected chi connectivity index (χ2v) is 6.63. The molecule has 21 heavy (non-hydrogen) atoms. The third-order valence-electron chi connectivity index (χ3n) is 3.79. The molecule has 2 amide bonds. The predicted molar refractivity (Wildman–Crippen MR) is 91.1 cm³/mol. The summed E-state index contributed by atoms with van der Waals surface area (Å²) < 4.78 is 1.10. The molecule has 0 unspecified atom stereocenters. The van der Waals surface area contributed by atoms with Gasteiger partial charge >= 0.3 is 0 Å². The molecule has 5 heteroatoms. The summed E-state index contributed by atoms with van der Waals surface area (Å²) in [6.45, 7) is 0.953. The van der Waals surface area contributed by atoms with Crippen LogP contribution in [0.4, 0.5) is 0 Å². The molecule has 2 rings (SSSR count). The minimum absolute atomic E-state index is 0.0988. The van der Waals surface area contributed by atoms with E-state index in [9.17, 15) is 9.59 Å². The highest BCUT2D eigenvalue weighted by atomic mass is 127. The molecular weight excluding hydrogens is 379 g/mol. The van der Waals surface area contributed by atoms with Crippen LogP contribution in [0, 0.1) is 9.49 Å². The highest BCUT2D eigenvalue weighted by Crippen LogP contribution is 2.23. The topological polar surface area (TPSA) is 58.2 Å². The smallest absolute Gasteiger partial charge is 0.251 e. The minimum atomic E-state index is -0.0988. The molecule has 0 bridgehead atoms. The lowest BCUT2D eigenvalue weighted by atomic mass is 9.89. The Balaban J connectivity index is 1.66. The summed E-state index contributed by atoms with van der Waals surface area (Å²) in [5.41, 5.74) is 0.647. The average Bonchev–Trinajstić information content (AvgIpc) is 2.52. The van der Waals surface area contributed by atoms with E-state index in [1.54, 1.807) is 12.1 Å². The minimum Gasteiger partial charge on any atom is -0.354 e. The van der Waals surface area contributed by atoms with Crippen molar-refractivity contribution in [2.24, 2.45) is 5.92 Å². The van der Waals surface area contributed by atoms with E-state index < -0.39 is 0 Å². The second-order valence-electron chi connectivity index (χ2n) is 5.39. The zero-order chi connectivity index (χ0) is 15.1. The van der Waals surface area contributed by atoms with E-state index in [0.717, 1.165) is 29.3 Å². The number of carbonyl (C=O) groups excluding carboxylic acids is 2. The van der Waals surface area contributed by atoms with Gasteiger partial charge in [0.05, 0.1) is 0 Å². The van der Waals surface area contributed by atoms with Gasteiger partial charge in [-0.3, -0.25) is 9.59 Å². The van der Waals surface area contributed by atoms with Crippen molar-refractivity contribution in [2.45, 2.75) is 32.1 Å². The molecule has 1 aromatic rings. The van der Waals surface area contributed by atoms with Crippen LogP contribution in [0.15, 0.2) is 24.3 Å². The number of hydrogen-bond acceptors (Lipinski definition) is 2. The Hall–Kier alpha value is -1.11. The van der Waals surface area contributed by atoms with Crippen molar-refractivity contribution >= 4 is 34.4 Å². The fraction of sp³-hybridized carbons (Fsp3) is 0.500. The molecule has 4 nitrogen and oxygen atoms in total. The largest absolute Gasteiger partial charge is 0.354 e. The van der Waals surface area contributed by atoms with E-state index in [0.29, 0.717) is 18.7 Å². The fourth-order valence-corrected chi connectivity index (χ4v) is 2.93. The van der Waals surface area contributed by atoms with Gasteiger partial charge < -0.3 is 10.6 Å². The first kappa shape index (κ1) is 16.3. The molecule has 0 heterocycles. The average molecular weight is 400 g/mol.